The highest BCUT2D eigenvalue weighted by Crippen LogP contribution is 2.63. The maximum absolute atomic E-state index is 10.2. The van der Waals surface area contributed by atoms with Crippen LogP contribution >= 0.6 is 0 Å². The molecule has 6 heteroatoms. The molecule has 0 unspecified atom stereocenters. The molecule has 6 nitrogen and oxygen atoms in total. The molecular formula is C47H30N4O2. The molecule has 10 rings (SSSR count). The van der Waals surface area contributed by atoms with E-state index in [1.807, 2.05) is 91.0 Å². The SMILES string of the molecule is CCc1c(-c2cccc(C#N)c2)c(N2c3ccccc3Oc3ccccc32)c2c(c1-c1cccc(C#N)c1)N1c3ccccc3Oc3cccc(c31)C2. The van der Waals surface area contributed by atoms with Crippen molar-refractivity contribution in [2.75, 3.05) is 9.80 Å². The van der Waals surface area contributed by atoms with Gasteiger partial charge in [-0.25, -0.2) is 0 Å². The highest BCUT2D eigenvalue weighted by molar-refractivity contribution is 6.08. The monoisotopic (exact) mass is 682 g/mol. The van der Waals surface area contributed by atoms with Crippen molar-refractivity contribution in [1.82, 2.24) is 0 Å². The number of para-hydroxylation sites is 7. The van der Waals surface area contributed by atoms with Gasteiger partial charge in [0.05, 0.1) is 57.4 Å². The number of hydrogen-bond donors (Lipinski definition) is 0. The summed E-state index contributed by atoms with van der Waals surface area (Å²) in [5, 5.41) is 20.3. The molecule has 0 saturated heterocycles. The highest BCUT2D eigenvalue weighted by Gasteiger charge is 2.41. The van der Waals surface area contributed by atoms with Crippen molar-refractivity contribution < 1.29 is 9.47 Å². The lowest BCUT2D eigenvalue weighted by Gasteiger charge is -2.44. The maximum atomic E-state index is 10.2. The zero-order valence-electron chi connectivity index (χ0n) is 28.8. The van der Waals surface area contributed by atoms with E-state index in [0.717, 1.165) is 96.1 Å². The predicted octanol–water partition coefficient (Wildman–Crippen LogP) is 12.4. The van der Waals surface area contributed by atoms with Crippen LogP contribution in [0.25, 0.3) is 22.3 Å². The smallest absolute Gasteiger partial charge is 0.151 e. The summed E-state index contributed by atoms with van der Waals surface area (Å²) in [6, 6.07) is 51.5. The van der Waals surface area contributed by atoms with Crippen molar-refractivity contribution in [2.45, 2.75) is 19.8 Å². The molecule has 53 heavy (non-hydrogen) atoms. The second-order valence-electron chi connectivity index (χ2n) is 13.4. The number of hydrogen-bond acceptors (Lipinski definition) is 6. The molecule has 0 atom stereocenters. The molecule has 3 aliphatic rings. The van der Waals surface area contributed by atoms with Crippen LogP contribution in [0.2, 0.25) is 0 Å². The Labute approximate surface area is 307 Å². The number of anilines is 6. The van der Waals surface area contributed by atoms with Crippen molar-refractivity contribution in [2.24, 2.45) is 0 Å². The fourth-order valence-corrected chi connectivity index (χ4v) is 8.33. The van der Waals surface area contributed by atoms with E-state index < -0.39 is 0 Å². The third-order valence-electron chi connectivity index (χ3n) is 10.4. The van der Waals surface area contributed by atoms with Gasteiger partial charge in [0.1, 0.15) is 0 Å². The Bertz CT molecular complexity index is 2710. The van der Waals surface area contributed by atoms with E-state index in [0.29, 0.717) is 24.0 Å². The Hall–Kier alpha value is -7.28. The lowest BCUT2D eigenvalue weighted by molar-refractivity contribution is 0.475. The van der Waals surface area contributed by atoms with E-state index in [1.54, 1.807) is 0 Å². The summed E-state index contributed by atoms with van der Waals surface area (Å²) in [5.74, 6) is 3.09. The van der Waals surface area contributed by atoms with E-state index in [-0.39, 0.29) is 0 Å². The first-order valence-corrected chi connectivity index (χ1v) is 17.7. The fraction of sp³-hybridized carbons (Fsp3) is 0.0638. The number of fused-ring (bicyclic) bond motifs is 6. The van der Waals surface area contributed by atoms with Crippen LogP contribution in [0, 0.1) is 22.7 Å². The Morgan fingerprint density at radius 3 is 1.55 bits per heavy atom. The molecule has 7 aromatic carbocycles. The summed E-state index contributed by atoms with van der Waals surface area (Å²) in [4.78, 5) is 4.74. The highest BCUT2D eigenvalue weighted by atomic mass is 16.5. The average Bonchev–Trinajstić information content (AvgIpc) is 3.22. The van der Waals surface area contributed by atoms with Gasteiger partial charge >= 0.3 is 0 Å². The molecule has 3 aliphatic heterocycles. The Morgan fingerprint density at radius 1 is 0.528 bits per heavy atom. The number of nitriles is 2. The zero-order chi connectivity index (χ0) is 35.6. The number of nitrogens with zero attached hydrogens (tertiary/aromatic N) is 4. The van der Waals surface area contributed by atoms with Crippen LogP contribution in [0.5, 0.6) is 23.0 Å². The molecule has 0 aromatic heterocycles. The van der Waals surface area contributed by atoms with Crippen molar-refractivity contribution in [3.05, 3.63) is 167 Å². The molecule has 3 heterocycles. The van der Waals surface area contributed by atoms with E-state index in [9.17, 15) is 10.5 Å². The van der Waals surface area contributed by atoms with Crippen LogP contribution in [-0.4, -0.2) is 0 Å². The van der Waals surface area contributed by atoms with Crippen LogP contribution in [-0.2, 0) is 12.8 Å². The van der Waals surface area contributed by atoms with E-state index in [1.165, 1.54) is 0 Å². The topological polar surface area (TPSA) is 72.5 Å². The molecule has 0 fully saturated rings. The molecule has 250 valence electrons. The normalized spacial score (nSPS) is 12.8. The summed E-state index contributed by atoms with van der Waals surface area (Å²) < 4.78 is 13.2. The second-order valence-corrected chi connectivity index (χ2v) is 13.4. The minimum atomic E-state index is 0.584. The molecule has 7 aromatic rings. The van der Waals surface area contributed by atoms with Crippen LogP contribution in [0.15, 0.2) is 140 Å². The third-order valence-corrected chi connectivity index (χ3v) is 10.4. The molecule has 0 radical (unpaired) electrons. The van der Waals surface area contributed by atoms with E-state index in [2.05, 4.69) is 77.4 Å². The predicted molar refractivity (Wildman–Crippen MR) is 208 cm³/mol. The molecule has 0 aliphatic carbocycles. The fourth-order valence-electron chi connectivity index (χ4n) is 8.33. The van der Waals surface area contributed by atoms with Gasteiger partial charge in [-0.05, 0) is 95.4 Å². The molecule has 0 N–H and O–H groups in total. The minimum Gasteiger partial charge on any atom is -0.453 e. The zero-order valence-corrected chi connectivity index (χ0v) is 28.8. The van der Waals surface area contributed by atoms with Gasteiger partial charge in [-0.3, -0.25) is 0 Å². The second kappa shape index (κ2) is 11.9. The van der Waals surface area contributed by atoms with Gasteiger partial charge in [-0.15, -0.1) is 0 Å². The van der Waals surface area contributed by atoms with E-state index in [4.69, 9.17) is 9.47 Å². The van der Waals surface area contributed by atoms with Crippen molar-refractivity contribution in [1.29, 1.82) is 10.5 Å². The van der Waals surface area contributed by atoms with Gasteiger partial charge in [0, 0.05) is 23.1 Å². The molecule has 0 bridgehead atoms. The van der Waals surface area contributed by atoms with Gasteiger partial charge < -0.3 is 19.3 Å². The first kappa shape index (κ1) is 30.5. The van der Waals surface area contributed by atoms with Gasteiger partial charge in [0.2, 0.25) is 0 Å². The lowest BCUT2D eigenvalue weighted by atomic mass is 9.79. The van der Waals surface area contributed by atoms with E-state index >= 15 is 0 Å². The summed E-state index contributed by atoms with van der Waals surface area (Å²) >= 11 is 0. The lowest BCUT2D eigenvalue weighted by Crippen LogP contribution is -2.27. The first-order valence-electron chi connectivity index (χ1n) is 17.7. The average molecular weight is 683 g/mol. The molecule has 0 spiro atoms. The van der Waals surface area contributed by atoms with Crippen LogP contribution in [0.1, 0.15) is 34.7 Å². The Morgan fingerprint density at radius 2 is 1.00 bits per heavy atom. The first-order chi connectivity index (χ1) is 26.2. The summed E-state index contributed by atoms with van der Waals surface area (Å²) in [5.41, 5.74) is 14.4. The third kappa shape index (κ3) is 4.56. The van der Waals surface area contributed by atoms with Gasteiger partial charge in [0.25, 0.3) is 0 Å². The van der Waals surface area contributed by atoms with Crippen molar-refractivity contribution in [3.8, 4) is 57.4 Å². The summed E-state index contributed by atoms with van der Waals surface area (Å²) in [7, 11) is 0. The molecular weight excluding hydrogens is 653 g/mol. The van der Waals surface area contributed by atoms with Gasteiger partial charge in [-0.1, -0.05) is 79.7 Å². The van der Waals surface area contributed by atoms with Crippen molar-refractivity contribution in [3.63, 3.8) is 0 Å². The standard InChI is InChI=1S/C47H30N4O2/c1-2-34-43(31-14-9-12-29(24-31)27-48)46(50-36-17-3-6-20-39(36)52-40-21-7-4-18-37(40)50)35-26-33-16-11-23-42-45(33)51(38-19-5-8-22-41(38)53-42)47(35)44(34)32-15-10-13-30(25-32)28-49/h3-25H,2,26H2,1H3. The van der Waals surface area contributed by atoms with Crippen LogP contribution in [0.4, 0.5) is 34.1 Å². The quantitative estimate of drug-likeness (QED) is 0.184. The van der Waals surface area contributed by atoms with Gasteiger partial charge in [0.15, 0.2) is 23.0 Å². The van der Waals surface area contributed by atoms with Crippen molar-refractivity contribution >= 4 is 34.1 Å². The molecule has 0 amide bonds. The summed E-state index contributed by atoms with van der Waals surface area (Å²) in [6.07, 6.45) is 1.28. The number of ether oxygens (including phenoxy) is 2. The maximum Gasteiger partial charge on any atom is 0.151 e. The summed E-state index contributed by atoms with van der Waals surface area (Å²) in [6.45, 7) is 2.19. The van der Waals surface area contributed by atoms with Crippen LogP contribution < -0.4 is 19.3 Å². The number of rotatable bonds is 4. The Kier molecular flexibility index (Phi) is 6.86. The minimum absolute atomic E-state index is 0.584. The van der Waals surface area contributed by atoms with Gasteiger partial charge in [-0.2, -0.15) is 10.5 Å². The Balaban J connectivity index is 1.44. The number of benzene rings is 7. The molecule has 0 saturated carbocycles. The van der Waals surface area contributed by atoms with Crippen LogP contribution in [0.3, 0.4) is 0 Å². The largest absolute Gasteiger partial charge is 0.453 e.